The minimum absolute atomic E-state index is 0.115. The Labute approximate surface area is 135 Å². The number of carbonyl (C=O) groups is 2. The summed E-state index contributed by atoms with van der Waals surface area (Å²) in [7, 11) is 1.26. The predicted molar refractivity (Wildman–Crippen MR) is 76.0 cm³/mol. The Kier molecular flexibility index (Phi) is 14.7. The van der Waals surface area contributed by atoms with Crippen molar-refractivity contribution in [2.75, 3.05) is 7.11 Å². The van der Waals surface area contributed by atoms with Crippen molar-refractivity contribution in [3.8, 4) is 0 Å². The largest absolute Gasteiger partial charge is 0.469 e. The Balaban J connectivity index is 0. The van der Waals surface area contributed by atoms with Gasteiger partial charge in [-0.25, -0.2) is 0 Å². The van der Waals surface area contributed by atoms with Gasteiger partial charge in [-0.2, -0.15) is 0 Å². The van der Waals surface area contributed by atoms with Gasteiger partial charge in [-0.05, 0) is 6.92 Å². The maximum atomic E-state index is 10.2. The number of hydrogen-bond acceptors (Lipinski definition) is 6. The van der Waals surface area contributed by atoms with E-state index in [1.54, 1.807) is 0 Å². The fraction of sp³-hybridized carbons (Fsp3) is 0.857. The van der Waals surface area contributed by atoms with E-state index in [-0.39, 0.29) is 30.5 Å². The normalized spacial score (nSPS) is 10.4. The molecule has 21 heavy (non-hydrogen) atoms. The number of esters is 1. The molecule has 0 radical (unpaired) electrons. The van der Waals surface area contributed by atoms with Gasteiger partial charge in [0.25, 0.3) is 0 Å². The van der Waals surface area contributed by atoms with E-state index >= 15 is 0 Å². The summed E-state index contributed by atoms with van der Waals surface area (Å²) in [6.07, 6.45) is 0.448. The third-order valence-corrected chi connectivity index (χ3v) is 4.73. The Morgan fingerprint density at radius 3 is 1.33 bits per heavy atom. The zero-order chi connectivity index (χ0) is 17.0. The van der Waals surface area contributed by atoms with Crippen molar-refractivity contribution in [2.24, 2.45) is 0 Å². The Morgan fingerprint density at radius 2 is 1.19 bits per heavy atom. The van der Waals surface area contributed by atoms with Crippen LogP contribution >= 0.6 is 0 Å². The zero-order valence-electron chi connectivity index (χ0n) is 14.4. The van der Waals surface area contributed by atoms with Gasteiger partial charge in [-0.3, -0.25) is 9.59 Å². The summed E-state index contributed by atoms with van der Waals surface area (Å²) in [4.78, 5) is 20.3. The average molecular weight is 341 g/mol. The van der Waals surface area contributed by atoms with E-state index in [2.05, 4.69) is 4.74 Å². The van der Waals surface area contributed by atoms with Gasteiger partial charge in [0.1, 0.15) is 12.2 Å². The molecule has 6 nitrogen and oxygen atoms in total. The summed E-state index contributed by atoms with van der Waals surface area (Å²) in [5.74, 6) is -0.644. The smallest absolute Gasteiger partial charge is 0.313 e. The second-order valence-corrected chi connectivity index (χ2v) is 7.09. The van der Waals surface area contributed by atoms with E-state index in [1.807, 2.05) is 41.5 Å². The van der Waals surface area contributed by atoms with E-state index in [1.165, 1.54) is 14.0 Å². The Hall–Kier alpha value is -0.266. The molecule has 0 rings (SSSR count). The molecule has 0 aromatic heterocycles. The van der Waals surface area contributed by atoms with E-state index in [9.17, 15) is 9.59 Å². The van der Waals surface area contributed by atoms with Gasteiger partial charge >= 0.3 is 94.8 Å². The molecule has 0 amide bonds. The van der Waals surface area contributed by atoms with Crippen molar-refractivity contribution in [3.05, 3.63) is 0 Å². The molecule has 0 spiro atoms. The first-order chi connectivity index (χ1) is 9.58. The fourth-order valence-corrected chi connectivity index (χ4v) is 3.00. The van der Waals surface area contributed by atoms with Crippen molar-refractivity contribution in [1.82, 2.24) is 0 Å². The van der Waals surface area contributed by atoms with Crippen LogP contribution in [0.25, 0.3) is 0 Å². The SMILES string of the molecule is CC(C)[O][Ti]([O]C(C)C)[O]C(C)C.COC(=O)CC(C)=O. The first-order valence-corrected chi connectivity index (χ1v) is 8.92. The van der Waals surface area contributed by atoms with Crippen molar-refractivity contribution >= 4 is 11.8 Å². The number of ketones is 1. The molecule has 0 aliphatic rings. The molecule has 0 saturated heterocycles. The molecule has 0 aromatic carbocycles. The molecule has 0 bridgehead atoms. The molecular weight excluding hydrogens is 312 g/mol. The van der Waals surface area contributed by atoms with Crippen LogP contribution in [0.15, 0.2) is 0 Å². The second kappa shape index (κ2) is 13.4. The van der Waals surface area contributed by atoms with Gasteiger partial charge < -0.3 is 4.74 Å². The number of methoxy groups -OCH3 is 1. The Bertz CT molecular complexity index is 267. The molecule has 0 aromatic rings. The summed E-state index contributed by atoms with van der Waals surface area (Å²) in [6, 6.07) is 0. The molecule has 0 saturated carbocycles. The van der Waals surface area contributed by atoms with Crippen LogP contribution in [0.4, 0.5) is 0 Å². The topological polar surface area (TPSA) is 71.1 Å². The quantitative estimate of drug-likeness (QED) is 0.384. The van der Waals surface area contributed by atoms with Crippen molar-refractivity contribution < 1.29 is 43.3 Å². The number of ether oxygens (including phenoxy) is 1. The van der Waals surface area contributed by atoms with Crippen LogP contribution in [0.1, 0.15) is 54.9 Å². The first kappa shape index (κ1) is 23.0. The van der Waals surface area contributed by atoms with Gasteiger partial charge in [0.05, 0.1) is 7.11 Å². The zero-order valence-corrected chi connectivity index (χ0v) is 16.0. The number of Topliss-reactive ketones (excluding diaryl/α,β-unsaturated/α-hetero) is 1. The standard InChI is InChI=1S/C5H8O3.3C3H7O.Ti/c1-4(6)3-5(7)8-2;3*1-3(2)4;/h3H2,1-2H3;3*3H,1-2H3;/q;3*-1;+3. The Morgan fingerprint density at radius 1 is 0.857 bits per heavy atom. The van der Waals surface area contributed by atoms with Crippen LogP contribution in [0.5, 0.6) is 0 Å². The summed E-state index contributed by atoms with van der Waals surface area (Å²) in [5, 5.41) is 0. The van der Waals surface area contributed by atoms with Crippen molar-refractivity contribution in [1.29, 1.82) is 0 Å². The molecule has 0 aliphatic heterocycles. The third kappa shape index (κ3) is 19.7. The van der Waals surface area contributed by atoms with E-state index in [0.717, 1.165) is 0 Å². The molecule has 0 N–H and O–H groups in total. The predicted octanol–water partition coefficient (Wildman–Crippen LogP) is 2.76. The summed E-state index contributed by atoms with van der Waals surface area (Å²) >= 11 is -2.18. The molecule has 7 heteroatoms. The average Bonchev–Trinajstić information content (AvgIpc) is 2.25. The van der Waals surface area contributed by atoms with Gasteiger partial charge in [0.15, 0.2) is 0 Å². The first-order valence-electron chi connectivity index (χ1n) is 7.01. The van der Waals surface area contributed by atoms with Crippen LogP contribution in [0, 0.1) is 0 Å². The van der Waals surface area contributed by atoms with Gasteiger partial charge in [0, 0.05) is 0 Å². The van der Waals surface area contributed by atoms with Gasteiger partial charge in [-0.15, -0.1) is 0 Å². The molecule has 125 valence electrons. The second-order valence-electron chi connectivity index (χ2n) is 5.20. The van der Waals surface area contributed by atoms with Crippen molar-refractivity contribution in [2.45, 2.75) is 73.2 Å². The maximum Gasteiger partial charge on any atom is 0.313 e. The van der Waals surface area contributed by atoms with Crippen LogP contribution in [0.2, 0.25) is 0 Å². The van der Waals surface area contributed by atoms with Crippen molar-refractivity contribution in [3.63, 3.8) is 0 Å². The molecule has 0 heterocycles. The molecule has 0 atom stereocenters. The van der Waals surface area contributed by atoms with Gasteiger partial charge in [0.2, 0.25) is 0 Å². The molecule has 0 aliphatic carbocycles. The van der Waals surface area contributed by atoms with Gasteiger partial charge in [-0.1, -0.05) is 0 Å². The summed E-state index contributed by atoms with van der Waals surface area (Å²) in [6.45, 7) is 13.3. The monoisotopic (exact) mass is 341 g/mol. The van der Waals surface area contributed by atoms with Crippen LogP contribution in [-0.4, -0.2) is 37.2 Å². The number of rotatable bonds is 8. The third-order valence-electron chi connectivity index (χ3n) is 1.62. The number of hydrogen-bond donors (Lipinski definition) is 0. The van der Waals surface area contributed by atoms with Crippen LogP contribution in [0.3, 0.4) is 0 Å². The van der Waals surface area contributed by atoms with E-state index in [4.69, 9.17) is 9.96 Å². The number of carbonyl (C=O) groups excluding carboxylic acids is 2. The minimum Gasteiger partial charge on any atom is -0.469 e. The molecular formula is C14H29O6Ti. The summed E-state index contributed by atoms with van der Waals surface area (Å²) in [5.41, 5.74) is 0. The minimum atomic E-state index is -2.18. The van der Waals surface area contributed by atoms with Crippen LogP contribution < -0.4 is 0 Å². The molecule has 0 unspecified atom stereocenters. The maximum absolute atomic E-state index is 10.2. The van der Waals surface area contributed by atoms with E-state index < -0.39 is 25.0 Å². The van der Waals surface area contributed by atoms with Crippen LogP contribution in [-0.2, 0) is 43.3 Å². The fourth-order valence-electron chi connectivity index (χ4n) is 0.936. The van der Waals surface area contributed by atoms with E-state index in [0.29, 0.717) is 0 Å². The molecule has 0 fully saturated rings. The summed E-state index contributed by atoms with van der Waals surface area (Å²) < 4.78 is 21.0.